The largest absolute Gasteiger partial charge is 0.471 e. The zero-order valence-corrected chi connectivity index (χ0v) is 31.6. The van der Waals surface area contributed by atoms with Gasteiger partial charge in [0.25, 0.3) is 5.91 Å². The van der Waals surface area contributed by atoms with Crippen LogP contribution in [0.1, 0.15) is 91.2 Å². The molecule has 19 heteroatoms. The smallest absolute Gasteiger partial charge is 0.438 e. The highest BCUT2D eigenvalue weighted by Gasteiger charge is 2.63. The number of amides is 4. The van der Waals surface area contributed by atoms with Crippen LogP contribution in [0.4, 0.5) is 22.4 Å². The molecule has 4 amide bonds. The number of fused-ring (bicyclic) bond motifs is 3. The highest BCUT2D eigenvalue weighted by Crippen LogP contribution is 2.48. The molecule has 0 radical (unpaired) electrons. The fourth-order valence-electron chi connectivity index (χ4n) is 7.37. The lowest BCUT2D eigenvalue weighted by Crippen LogP contribution is -2.61. The number of para-hydroxylation sites is 1. The predicted octanol–water partition coefficient (Wildman–Crippen LogP) is 4.68. The highest BCUT2D eigenvalue weighted by molar-refractivity contribution is 7.91. The summed E-state index contributed by atoms with van der Waals surface area (Å²) in [7, 11) is -4.13. The summed E-state index contributed by atoms with van der Waals surface area (Å²) in [6, 6.07) is 0.445. The number of carbonyl (C=O) groups is 4. The maximum atomic E-state index is 14.7. The van der Waals surface area contributed by atoms with Crippen molar-refractivity contribution in [2.75, 3.05) is 6.54 Å². The summed E-state index contributed by atoms with van der Waals surface area (Å²) in [5, 5.41) is 13.0. The Morgan fingerprint density at radius 1 is 1.11 bits per heavy atom. The zero-order chi connectivity index (χ0) is 40.3. The minimum atomic E-state index is -5.11. The van der Waals surface area contributed by atoms with Crippen LogP contribution in [0.2, 0.25) is 0 Å². The predicted molar refractivity (Wildman–Crippen MR) is 188 cm³/mol. The molecule has 2 aliphatic heterocycles. The normalized spacial score (nSPS) is 27.2. The SMILES string of the molecule is CC(C)(C)N(C(=O)O)[C@H]1CCCCCC=C[C@@H]2C[C@@]2(C(=O)NS(=O)(=O)C2(C)CC2)NC(=O)[C@@H]2C[C@@H](Oc3nc4c(F)cccc4nc3C(F)(F)F)CN2C1=O. The molecule has 5 atom stereocenters. The van der Waals surface area contributed by atoms with E-state index in [1.807, 2.05) is 6.08 Å². The van der Waals surface area contributed by atoms with E-state index in [4.69, 9.17) is 4.74 Å². The fourth-order valence-corrected chi connectivity index (χ4v) is 8.68. The van der Waals surface area contributed by atoms with E-state index in [2.05, 4.69) is 20.0 Å². The summed E-state index contributed by atoms with van der Waals surface area (Å²) in [5.74, 6) is -5.40. The number of nitrogens with one attached hydrogen (secondary N) is 2. The summed E-state index contributed by atoms with van der Waals surface area (Å²) < 4.78 is 90.4. The Labute approximate surface area is 315 Å². The third-order valence-corrected chi connectivity index (χ3v) is 13.0. The number of alkyl halides is 3. The van der Waals surface area contributed by atoms with Gasteiger partial charge in [-0.25, -0.2) is 27.6 Å². The summed E-state index contributed by atoms with van der Waals surface area (Å²) in [5.41, 5.74) is -5.30. The van der Waals surface area contributed by atoms with Crippen molar-refractivity contribution >= 4 is 44.9 Å². The van der Waals surface area contributed by atoms with E-state index in [0.29, 0.717) is 38.5 Å². The van der Waals surface area contributed by atoms with Crippen molar-refractivity contribution in [2.45, 2.75) is 126 Å². The first-order valence-corrected chi connectivity index (χ1v) is 19.6. The third kappa shape index (κ3) is 7.94. The van der Waals surface area contributed by atoms with E-state index < -0.39 is 116 Å². The van der Waals surface area contributed by atoms with Gasteiger partial charge in [-0.2, -0.15) is 13.2 Å². The molecule has 0 unspecified atom stereocenters. The van der Waals surface area contributed by atoms with Crippen molar-refractivity contribution in [1.82, 2.24) is 29.8 Å². The number of sulfonamides is 1. The Morgan fingerprint density at radius 3 is 2.45 bits per heavy atom. The molecule has 3 N–H and O–H groups in total. The van der Waals surface area contributed by atoms with Crippen LogP contribution in [-0.4, -0.2) is 97.7 Å². The Bertz CT molecular complexity index is 2040. The lowest BCUT2D eigenvalue weighted by molar-refractivity contribution is -0.145. The molecule has 2 saturated carbocycles. The number of hydrogen-bond acceptors (Lipinski definition) is 9. The molecular weight excluding hydrogens is 752 g/mol. The molecule has 14 nitrogen and oxygen atoms in total. The molecule has 3 heterocycles. The first kappa shape index (κ1) is 40.1. The van der Waals surface area contributed by atoms with Crippen LogP contribution in [0.15, 0.2) is 30.4 Å². The number of aromatic nitrogens is 2. The first-order valence-electron chi connectivity index (χ1n) is 18.2. The van der Waals surface area contributed by atoms with Crippen molar-refractivity contribution in [3.8, 4) is 5.88 Å². The highest BCUT2D eigenvalue weighted by atomic mass is 32.2. The van der Waals surface area contributed by atoms with Gasteiger partial charge in [0.15, 0.2) is 5.82 Å². The van der Waals surface area contributed by atoms with Gasteiger partial charge < -0.3 is 20.1 Å². The summed E-state index contributed by atoms with van der Waals surface area (Å²) in [4.78, 5) is 64.8. The van der Waals surface area contributed by atoms with Gasteiger partial charge in [-0.05, 0) is 78.4 Å². The van der Waals surface area contributed by atoms with Gasteiger partial charge in [-0.3, -0.25) is 24.0 Å². The second kappa shape index (κ2) is 14.2. The molecule has 0 bridgehead atoms. The van der Waals surface area contributed by atoms with E-state index in [9.17, 15) is 50.3 Å². The molecule has 55 heavy (non-hydrogen) atoms. The van der Waals surface area contributed by atoms with Crippen molar-refractivity contribution in [1.29, 1.82) is 0 Å². The molecule has 4 aliphatic rings. The summed E-state index contributed by atoms with van der Waals surface area (Å²) in [6.07, 6.45) is -1.83. The van der Waals surface area contributed by atoms with Gasteiger partial charge in [0.1, 0.15) is 29.2 Å². The second-order valence-electron chi connectivity index (χ2n) is 16.0. The molecule has 1 saturated heterocycles. The van der Waals surface area contributed by atoms with Crippen LogP contribution in [0.5, 0.6) is 5.88 Å². The fraction of sp³-hybridized carbons (Fsp3) is 0.611. The summed E-state index contributed by atoms with van der Waals surface area (Å²) in [6.45, 7) is 5.76. The van der Waals surface area contributed by atoms with Gasteiger partial charge in [0, 0.05) is 17.9 Å². The van der Waals surface area contributed by atoms with Crippen LogP contribution in [0.25, 0.3) is 11.0 Å². The topological polar surface area (TPSA) is 188 Å². The first-order chi connectivity index (χ1) is 25.6. The van der Waals surface area contributed by atoms with Crippen LogP contribution >= 0.6 is 0 Å². The van der Waals surface area contributed by atoms with E-state index in [1.165, 1.54) is 13.0 Å². The molecule has 0 spiro atoms. The molecule has 3 fully saturated rings. The van der Waals surface area contributed by atoms with Gasteiger partial charge in [-0.15, -0.1) is 0 Å². The number of halogens is 4. The number of rotatable bonds is 6. The van der Waals surface area contributed by atoms with Crippen molar-refractivity contribution in [3.05, 3.63) is 41.9 Å². The average Bonchev–Trinajstić information content (AvgIpc) is 3.95. The van der Waals surface area contributed by atoms with E-state index in [1.54, 1.807) is 26.8 Å². The van der Waals surface area contributed by atoms with Crippen molar-refractivity contribution in [2.24, 2.45) is 5.92 Å². The number of carboxylic acid groups (broad SMARTS) is 1. The lowest BCUT2D eigenvalue weighted by Gasteiger charge is -2.41. The van der Waals surface area contributed by atoms with Gasteiger partial charge in [0.05, 0.1) is 16.8 Å². The van der Waals surface area contributed by atoms with Crippen LogP contribution in [0, 0.1) is 11.7 Å². The molecular formula is C36H44F4N6O8S. The van der Waals surface area contributed by atoms with Gasteiger partial charge in [-0.1, -0.05) is 31.1 Å². The molecule has 2 aliphatic carbocycles. The average molecular weight is 797 g/mol. The minimum Gasteiger partial charge on any atom is -0.471 e. The number of carbonyl (C=O) groups excluding carboxylic acids is 3. The number of hydrogen-bond donors (Lipinski definition) is 3. The maximum absolute atomic E-state index is 14.7. The van der Waals surface area contributed by atoms with Gasteiger partial charge >= 0.3 is 12.3 Å². The third-order valence-electron chi connectivity index (χ3n) is 10.8. The molecule has 300 valence electrons. The second-order valence-corrected chi connectivity index (χ2v) is 18.2. The van der Waals surface area contributed by atoms with Crippen LogP contribution < -0.4 is 14.8 Å². The molecule has 2 aromatic rings. The van der Waals surface area contributed by atoms with Crippen molar-refractivity contribution < 1.29 is 55.0 Å². The standard InChI is InChI=1S/C36H44F4N6O8S/c1-33(2,3)46(32(50)51)24-14-9-7-5-6-8-11-20-18-35(20,31(49)44-55(52,53)34(4)15-16-34)43-28(47)25-17-21(19-45(25)30(24)48)54-29-27(36(38,39)40)41-23-13-10-12-22(37)26(23)42-29/h8,10-13,20-21,24-25H,5-7,9,14-19H2,1-4H3,(H,43,47)(H,44,49)(H,50,51)/t20-,21-,24+,25+,35-/m1/s1. The van der Waals surface area contributed by atoms with E-state index >= 15 is 0 Å². The minimum absolute atomic E-state index is 0.0283. The van der Waals surface area contributed by atoms with E-state index in [-0.39, 0.29) is 18.4 Å². The molecule has 1 aromatic heterocycles. The van der Waals surface area contributed by atoms with Gasteiger partial charge in [0.2, 0.25) is 33.4 Å². The Kier molecular flexibility index (Phi) is 10.4. The van der Waals surface area contributed by atoms with Crippen molar-refractivity contribution in [3.63, 3.8) is 0 Å². The zero-order valence-electron chi connectivity index (χ0n) is 30.8. The van der Waals surface area contributed by atoms with E-state index in [0.717, 1.165) is 21.9 Å². The number of benzene rings is 1. The van der Waals surface area contributed by atoms with Crippen LogP contribution in [0.3, 0.4) is 0 Å². The Morgan fingerprint density at radius 2 is 1.82 bits per heavy atom. The lowest BCUT2D eigenvalue weighted by atomic mass is 9.98. The maximum Gasteiger partial charge on any atom is 0.438 e. The quantitative estimate of drug-likeness (QED) is 0.274. The van der Waals surface area contributed by atoms with Crippen LogP contribution in [-0.2, 0) is 30.6 Å². The monoisotopic (exact) mass is 796 g/mol. The number of nitrogens with zero attached hydrogens (tertiary/aromatic N) is 4. The number of ether oxygens (including phenoxy) is 1. The molecule has 1 aromatic carbocycles. The summed E-state index contributed by atoms with van der Waals surface area (Å²) >= 11 is 0. The number of allylic oxidation sites excluding steroid dienone is 1. The Hall–Kier alpha value is -4.55. The Balaban J connectivity index is 1.39. The molecule has 6 rings (SSSR count).